The number of carboxylic acid groups (broad SMARTS) is 1. The molecule has 5 fully saturated rings. The molecule has 6 aliphatic rings. The first-order valence-electron chi connectivity index (χ1n) is 19.8. The van der Waals surface area contributed by atoms with Gasteiger partial charge < -0.3 is 20.1 Å². The van der Waals surface area contributed by atoms with Gasteiger partial charge in [-0.3, -0.25) is 4.79 Å². The Hall–Kier alpha value is -2.23. The summed E-state index contributed by atoms with van der Waals surface area (Å²) in [5.74, 6) is 1.02. The molecule has 0 radical (unpaired) electrons. The van der Waals surface area contributed by atoms with Gasteiger partial charge in [-0.25, -0.2) is 13.2 Å². The van der Waals surface area contributed by atoms with E-state index in [-0.39, 0.29) is 56.4 Å². The molecule has 0 amide bonds. The van der Waals surface area contributed by atoms with Crippen LogP contribution in [0.2, 0.25) is 0 Å². The maximum absolute atomic E-state index is 12.9. The molecule has 1 aromatic rings. The lowest BCUT2D eigenvalue weighted by Gasteiger charge is -2.72. The summed E-state index contributed by atoms with van der Waals surface area (Å²) in [7, 11) is -1.47. The van der Waals surface area contributed by atoms with Crippen LogP contribution in [0.15, 0.2) is 30.3 Å². The number of esters is 1. The van der Waals surface area contributed by atoms with Crippen molar-refractivity contribution in [3.05, 3.63) is 41.5 Å². The molecule has 282 valence electrons. The van der Waals surface area contributed by atoms with Crippen LogP contribution in [0.25, 0.3) is 5.57 Å². The summed E-state index contributed by atoms with van der Waals surface area (Å²) < 4.78 is 28.8. The van der Waals surface area contributed by atoms with Crippen LogP contribution >= 0.6 is 0 Å². The average molecular weight is 723 g/mol. The van der Waals surface area contributed by atoms with Crippen molar-refractivity contribution in [2.45, 2.75) is 92.4 Å². The summed E-state index contributed by atoms with van der Waals surface area (Å²) in [6.07, 6.45) is 12.2. The highest BCUT2D eigenvalue weighted by Crippen LogP contribution is 2.77. The fourth-order valence-electron chi connectivity index (χ4n) is 13.9. The van der Waals surface area contributed by atoms with Crippen LogP contribution in [0.3, 0.4) is 0 Å². The van der Waals surface area contributed by atoms with Crippen LogP contribution in [0.5, 0.6) is 0 Å². The molecule has 1 saturated heterocycles. The fourth-order valence-corrected chi connectivity index (χ4v) is 15.1. The lowest BCUT2D eigenvalue weighted by Crippen LogP contribution is -2.66. The number of fused-ring (bicyclic) bond motifs is 7. The number of rotatable bonds is 8. The number of carboxylic acids is 1. The molecular formula is C42H62N2O6S. The molecule has 9 atom stereocenters. The Morgan fingerprint density at radius 2 is 1.61 bits per heavy atom. The number of sulfone groups is 1. The summed E-state index contributed by atoms with van der Waals surface area (Å²) in [4.78, 5) is 27.3. The second kappa shape index (κ2) is 13.0. The van der Waals surface area contributed by atoms with Crippen molar-refractivity contribution in [3.63, 3.8) is 0 Å². The first-order chi connectivity index (χ1) is 24.0. The second-order valence-electron chi connectivity index (χ2n) is 18.8. The number of methoxy groups -OCH3 is 1. The van der Waals surface area contributed by atoms with E-state index < -0.39 is 15.8 Å². The highest BCUT2D eigenvalue weighted by Gasteiger charge is 2.70. The topological polar surface area (TPSA) is 113 Å². The van der Waals surface area contributed by atoms with Crippen molar-refractivity contribution in [1.82, 2.24) is 10.2 Å². The van der Waals surface area contributed by atoms with Gasteiger partial charge in [-0.1, -0.05) is 52.8 Å². The van der Waals surface area contributed by atoms with E-state index >= 15 is 0 Å². The predicted molar refractivity (Wildman–Crippen MR) is 201 cm³/mol. The minimum Gasteiger partial charge on any atom is -0.481 e. The Bertz CT molecular complexity index is 1660. The van der Waals surface area contributed by atoms with Crippen molar-refractivity contribution in [3.8, 4) is 0 Å². The van der Waals surface area contributed by atoms with Gasteiger partial charge >= 0.3 is 11.9 Å². The third-order valence-corrected chi connectivity index (χ3v) is 18.2. The molecule has 1 unspecified atom stereocenters. The number of ether oxygens (including phenoxy) is 1. The first kappa shape index (κ1) is 37.1. The monoisotopic (exact) mass is 722 g/mol. The maximum atomic E-state index is 12.9. The van der Waals surface area contributed by atoms with Gasteiger partial charge in [0.15, 0.2) is 9.84 Å². The number of nitrogens with zero attached hydrogens (tertiary/aromatic N) is 1. The van der Waals surface area contributed by atoms with Crippen LogP contribution in [-0.4, -0.2) is 81.7 Å². The minimum atomic E-state index is -2.89. The van der Waals surface area contributed by atoms with Crippen LogP contribution in [0.4, 0.5) is 0 Å². The van der Waals surface area contributed by atoms with Gasteiger partial charge in [0.2, 0.25) is 0 Å². The van der Waals surface area contributed by atoms with Crippen LogP contribution in [0, 0.1) is 56.7 Å². The van der Waals surface area contributed by atoms with Gasteiger partial charge in [-0.05, 0) is 132 Å². The van der Waals surface area contributed by atoms with E-state index in [0.717, 1.165) is 58.2 Å². The van der Waals surface area contributed by atoms with Crippen LogP contribution in [0.1, 0.15) is 108 Å². The zero-order valence-corrected chi connectivity index (χ0v) is 32.7. The van der Waals surface area contributed by atoms with Gasteiger partial charge in [0.05, 0.1) is 30.1 Å². The molecule has 0 aromatic heterocycles. The number of allylic oxidation sites excluding steroid dienone is 2. The van der Waals surface area contributed by atoms with E-state index in [9.17, 15) is 23.1 Å². The number of carbonyl (C=O) groups excluding carboxylic acids is 1. The molecule has 1 aliphatic heterocycles. The summed E-state index contributed by atoms with van der Waals surface area (Å²) >= 11 is 0. The largest absolute Gasteiger partial charge is 0.481 e. The molecule has 9 heteroatoms. The molecule has 8 nitrogen and oxygen atoms in total. The van der Waals surface area contributed by atoms with Gasteiger partial charge in [-0.2, -0.15) is 0 Å². The zero-order chi connectivity index (χ0) is 36.6. The Labute approximate surface area is 306 Å². The number of benzene rings is 1. The number of aliphatic carboxylic acids is 1. The molecule has 0 spiro atoms. The number of carbonyl (C=O) groups is 2. The lowest BCUT2D eigenvalue weighted by molar-refractivity contribution is -0.227. The van der Waals surface area contributed by atoms with Crippen molar-refractivity contribution in [1.29, 1.82) is 0 Å². The Morgan fingerprint density at radius 3 is 2.27 bits per heavy atom. The fraction of sp³-hybridized carbons (Fsp3) is 0.762. The predicted octanol–water partition coefficient (Wildman–Crippen LogP) is 6.95. The summed E-state index contributed by atoms with van der Waals surface area (Å²) in [6, 6.07) is 7.96. The highest BCUT2D eigenvalue weighted by atomic mass is 32.2. The third kappa shape index (κ3) is 5.85. The van der Waals surface area contributed by atoms with Crippen molar-refractivity contribution in [2.24, 2.45) is 56.7 Å². The molecule has 4 saturated carbocycles. The number of hydrogen-bond acceptors (Lipinski definition) is 7. The van der Waals surface area contributed by atoms with E-state index in [1.165, 1.54) is 37.5 Å². The van der Waals surface area contributed by atoms with Crippen molar-refractivity contribution < 1.29 is 27.9 Å². The third-order valence-electron chi connectivity index (χ3n) is 16.6. The van der Waals surface area contributed by atoms with Gasteiger partial charge in [0.1, 0.15) is 0 Å². The van der Waals surface area contributed by atoms with E-state index in [2.05, 4.69) is 63.0 Å². The van der Waals surface area contributed by atoms with Crippen molar-refractivity contribution in [2.75, 3.05) is 51.3 Å². The van der Waals surface area contributed by atoms with E-state index in [1.54, 1.807) is 0 Å². The van der Waals surface area contributed by atoms with Gasteiger partial charge in [0, 0.05) is 32.7 Å². The lowest BCUT2D eigenvalue weighted by atomic mass is 9.32. The zero-order valence-electron chi connectivity index (χ0n) is 31.9. The highest BCUT2D eigenvalue weighted by molar-refractivity contribution is 7.91. The maximum Gasteiger partial charge on any atom is 0.337 e. The molecule has 1 aromatic carbocycles. The Balaban J connectivity index is 1.12. The number of hydrogen-bond donors (Lipinski definition) is 2. The average Bonchev–Trinajstić information content (AvgIpc) is 3.47. The van der Waals surface area contributed by atoms with Crippen molar-refractivity contribution >= 4 is 27.3 Å². The molecule has 0 bridgehead atoms. The standard InChI is InChI=1S/C42H62N2O6S/c1-38(2)31(28-7-9-29(10-8-28)37(47)50-6)14-16-39(3)33(38)15-17-41(5)34(39)12-11-32-35-30(36(45)46)13-18-42(35,20-19-40(32,41)4)27-43-21-22-44-23-25-51(48,49)26-24-44/h7-10,14,30,32-35,43H,11-13,15-27H2,1-6H3,(H,45,46)/t30-,32-,33+,34-,35-,39+,40-,41-,42?/m1/s1. The first-order valence-corrected chi connectivity index (χ1v) is 21.6. The van der Waals surface area contributed by atoms with E-state index in [1.807, 2.05) is 12.1 Å². The second-order valence-corrected chi connectivity index (χ2v) is 21.1. The molecule has 7 rings (SSSR count). The van der Waals surface area contributed by atoms with Crippen LogP contribution < -0.4 is 5.32 Å². The molecule has 5 aliphatic carbocycles. The summed E-state index contributed by atoms with van der Waals surface area (Å²) in [5.41, 5.74) is 3.55. The molecule has 2 N–H and O–H groups in total. The smallest absolute Gasteiger partial charge is 0.337 e. The van der Waals surface area contributed by atoms with E-state index in [4.69, 9.17) is 4.74 Å². The molecular weight excluding hydrogens is 661 g/mol. The normalized spacial score (nSPS) is 41.3. The molecule has 1 heterocycles. The molecule has 51 heavy (non-hydrogen) atoms. The number of nitrogens with one attached hydrogen (secondary N) is 1. The van der Waals surface area contributed by atoms with Gasteiger partial charge in [-0.15, -0.1) is 0 Å². The van der Waals surface area contributed by atoms with E-state index in [0.29, 0.717) is 36.4 Å². The van der Waals surface area contributed by atoms with Crippen LogP contribution in [-0.2, 0) is 19.4 Å². The summed E-state index contributed by atoms with van der Waals surface area (Å²) in [6.45, 7) is 16.4. The Kier molecular flexibility index (Phi) is 9.43. The quantitative estimate of drug-likeness (QED) is 0.219. The Morgan fingerprint density at radius 1 is 0.902 bits per heavy atom. The van der Waals surface area contributed by atoms with Gasteiger partial charge in [0.25, 0.3) is 0 Å². The minimum absolute atomic E-state index is 0.0106. The SMILES string of the molecule is COC(=O)c1ccc(C2=CC[C@]3(C)[C@H]4CC[C@@H]5[C@H]6[C@H](C(=O)O)CCC6(CNCCN6CCS(=O)(=O)CC6)CC[C@@]5(C)[C@]4(C)CC[C@H]3C2(C)C)cc1. The summed E-state index contributed by atoms with van der Waals surface area (Å²) in [5, 5.41) is 14.4.